The minimum atomic E-state index is -1.30. The third-order valence-electron chi connectivity index (χ3n) is 9.19. The third-order valence-corrected chi connectivity index (χ3v) is 9.43. The summed E-state index contributed by atoms with van der Waals surface area (Å²) in [5.74, 6) is -1.47. The van der Waals surface area contributed by atoms with Crippen LogP contribution in [-0.4, -0.2) is 29.6 Å². The molecule has 5 nitrogen and oxygen atoms in total. The lowest BCUT2D eigenvalue weighted by Crippen LogP contribution is -2.51. The van der Waals surface area contributed by atoms with Crippen molar-refractivity contribution >= 4 is 46.5 Å². The summed E-state index contributed by atoms with van der Waals surface area (Å²) >= 11 is 6.38. The molecule has 0 radical (unpaired) electrons. The number of fused-ring (bicyclic) bond motifs is 6. The van der Waals surface area contributed by atoms with E-state index in [0.29, 0.717) is 16.3 Å². The smallest absolute Gasteiger partial charge is 0.238 e. The fourth-order valence-electron chi connectivity index (χ4n) is 7.19. The molecule has 1 saturated heterocycles. The Bertz CT molecular complexity index is 1600. The van der Waals surface area contributed by atoms with E-state index in [-0.39, 0.29) is 17.5 Å². The number of anilines is 2. The highest BCUT2D eigenvalue weighted by Crippen LogP contribution is 2.58. The van der Waals surface area contributed by atoms with Gasteiger partial charge in [0.25, 0.3) is 0 Å². The minimum Gasteiger partial charge on any atom is -0.352 e. The molecule has 6 heteroatoms. The molecule has 3 aromatic carbocycles. The Morgan fingerprint density at radius 3 is 2.45 bits per heavy atom. The molecule has 3 aliphatic rings. The number of para-hydroxylation sites is 1. The van der Waals surface area contributed by atoms with Crippen LogP contribution >= 0.6 is 11.6 Å². The predicted molar refractivity (Wildman–Crippen MR) is 169 cm³/mol. The topological polar surface area (TPSA) is 66.5 Å². The fraction of sp³-hybridized carbons (Fsp3) is 0.361. The molecule has 1 spiro atoms. The molecular formula is C36H37ClN2O3. The van der Waals surface area contributed by atoms with E-state index in [4.69, 9.17) is 11.6 Å². The van der Waals surface area contributed by atoms with Gasteiger partial charge in [0.2, 0.25) is 5.91 Å². The van der Waals surface area contributed by atoms with Crippen LogP contribution in [0.3, 0.4) is 0 Å². The monoisotopic (exact) mass is 580 g/mol. The van der Waals surface area contributed by atoms with Crippen molar-refractivity contribution in [3.05, 3.63) is 100 Å². The van der Waals surface area contributed by atoms with Crippen molar-refractivity contribution in [2.75, 3.05) is 10.2 Å². The van der Waals surface area contributed by atoms with Gasteiger partial charge in [-0.15, -0.1) is 0 Å². The van der Waals surface area contributed by atoms with Crippen molar-refractivity contribution in [1.29, 1.82) is 0 Å². The lowest BCUT2D eigenvalue weighted by atomic mass is 9.63. The van der Waals surface area contributed by atoms with E-state index in [9.17, 15) is 14.4 Å². The molecule has 0 aromatic heterocycles. The van der Waals surface area contributed by atoms with E-state index >= 15 is 0 Å². The van der Waals surface area contributed by atoms with Crippen molar-refractivity contribution in [1.82, 2.24) is 0 Å². The molecule has 3 heterocycles. The maximum absolute atomic E-state index is 14.9. The van der Waals surface area contributed by atoms with Gasteiger partial charge in [-0.3, -0.25) is 14.4 Å². The number of aryl methyl sites for hydroxylation is 1. The SMILES string of the molecule is CCCCCc1ccc(C(=O)[C@@H]2[C@H](C(=O)C(C)(C)C)N3c4ccc(Cl)cc4C=C[C@H]3[C@@]23C(=O)Nc2ccccc23)cc1. The van der Waals surface area contributed by atoms with Gasteiger partial charge in [-0.1, -0.05) is 107 Å². The highest BCUT2D eigenvalue weighted by molar-refractivity contribution is 6.31. The number of ketones is 2. The Hall–Kier alpha value is -3.70. The summed E-state index contributed by atoms with van der Waals surface area (Å²) in [5, 5.41) is 3.67. The summed E-state index contributed by atoms with van der Waals surface area (Å²) in [6.45, 7) is 7.83. The van der Waals surface area contributed by atoms with E-state index in [1.165, 1.54) is 5.56 Å². The summed E-state index contributed by atoms with van der Waals surface area (Å²) in [7, 11) is 0. The fourth-order valence-corrected chi connectivity index (χ4v) is 7.37. The second-order valence-corrected chi connectivity index (χ2v) is 13.3. The van der Waals surface area contributed by atoms with Crippen molar-refractivity contribution in [3.63, 3.8) is 0 Å². The molecule has 4 atom stereocenters. The van der Waals surface area contributed by atoms with E-state index < -0.39 is 28.8 Å². The number of carbonyl (C=O) groups is 3. The van der Waals surface area contributed by atoms with E-state index in [0.717, 1.165) is 42.5 Å². The number of unbranched alkanes of at least 4 members (excludes halogenated alkanes) is 2. The Kier molecular flexibility index (Phi) is 7.13. The molecule has 0 bridgehead atoms. The number of halogens is 1. The second-order valence-electron chi connectivity index (χ2n) is 12.8. The molecular weight excluding hydrogens is 544 g/mol. The van der Waals surface area contributed by atoms with Crippen LogP contribution in [-0.2, 0) is 21.4 Å². The average Bonchev–Trinajstić information content (AvgIpc) is 3.44. The van der Waals surface area contributed by atoms with Gasteiger partial charge >= 0.3 is 0 Å². The van der Waals surface area contributed by atoms with Crippen molar-refractivity contribution in [3.8, 4) is 0 Å². The first kappa shape index (κ1) is 28.4. The molecule has 1 amide bonds. The number of amides is 1. The van der Waals surface area contributed by atoms with Crippen LogP contribution < -0.4 is 10.2 Å². The first-order valence-corrected chi connectivity index (χ1v) is 15.3. The second kappa shape index (κ2) is 10.5. The molecule has 6 rings (SSSR count). The molecule has 1 fully saturated rings. The standard InChI is InChI=1S/C36H37ClN2O3/c1-5-6-7-10-22-13-15-23(16-14-22)32(40)30-31(33(41)35(2,3)4)39-28-19-18-25(37)21-24(28)17-20-29(39)36(30)26-11-8-9-12-27(26)38-34(36)42/h8-9,11-21,29-31H,5-7,10H2,1-4H3,(H,38,42)/t29-,30-,31+,36+/m0/s1. The normalized spacial score (nSPS) is 23.9. The number of benzene rings is 3. The summed E-state index contributed by atoms with van der Waals surface area (Å²) in [5.41, 5.74) is 2.74. The number of rotatable bonds is 7. The predicted octanol–water partition coefficient (Wildman–Crippen LogP) is 7.66. The van der Waals surface area contributed by atoms with Gasteiger partial charge in [-0.05, 0) is 53.8 Å². The van der Waals surface area contributed by atoms with Crippen LogP contribution in [0.25, 0.3) is 6.08 Å². The average molecular weight is 581 g/mol. The summed E-state index contributed by atoms with van der Waals surface area (Å²) in [4.78, 5) is 45.8. The van der Waals surface area contributed by atoms with Crippen LogP contribution in [0, 0.1) is 11.3 Å². The van der Waals surface area contributed by atoms with E-state index in [1.807, 2.05) is 98.5 Å². The van der Waals surface area contributed by atoms with Crippen LogP contribution in [0.5, 0.6) is 0 Å². The molecule has 216 valence electrons. The number of hydrogen-bond donors (Lipinski definition) is 1. The first-order chi connectivity index (χ1) is 20.1. The Morgan fingerprint density at radius 2 is 1.74 bits per heavy atom. The van der Waals surface area contributed by atoms with Gasteiger partial charge < -0.3 is 10.2 Å². The van der Waals surface area contributed by atoms with Crippen LogP contribution in [0.1, 0.15) is 74.0 Å². The highest BCUT2D eigenvalue weighted by Gasteiger charge is 2.70. The largest absolute Gasteiger partial charge is 0.352 e. The quantitative estimate of drug-likeness (QED) is 0.230. The number of nitrogens with one attached hydrogen (secondary N) is 1. The molecule has 0 saturated carbocycles. The minimum absolute atomic E-state index is 0.0766. The Balaban J connectivity index is 1.57. The van der Waals surface area contributed by atoms with E-state index in [1.54, 1.807) is 6.07 Å². The van der Waals surface area contributed by atoms with Crippen LogP contribution in [0.2, 0.25) is 5.02 Å². The van der Waals surface area contributed by atoms with Crippen molar-refractivity contribution in [2.45, 2.75) is 70.9 Å². The Morgan fingerprint density at radius 1 is 1.00 bits per heavy atom. The zero-order valence-electron chi connectivity index (χ0n) is 24.6. The van der Waals surface area contributed by atoms with Crippen LogP contribution in [0.15, 0.2) is 72.8 Å². The Labute approximate surface area is 253 Å². The highest BCUT2D eigenvalue weighted by atomic mass is 35.5. The molecule has 3 aliphatic heterocycles. The lowest BCUT2D eigenvalue weighted by Gasteiger charge is -2.38. The maximum Gasteiger partial charge on any atom is 0.238 e. The van der Waals surface area contributed by atoms with Crippen molar-refractivity contribution in [2.24, 2.45) is 11.3 Å². The zero-order valence-corrected chi connectivity index (χ0v) is 25.4. The number of Topliss-reactive ketones (excluding diaryl/α,β-unsaturated/α-hetero) is 2. The van der Waals surface area contributed by atoms with Crippen molar-refractivity contribution < 1.29 is 14.4 Å². The van der Waals surface area contributed by atoms with Gasteiger partial charge in [-0.25, -0.2) is 0 Å². The molecule has 0 unspecified atom stereocenters. The summed E-state index contributed by atoms with van der Waals surface area (Å²) in [6, 6.07) is 19.5. The van der Waals surface area contributed by atoms with Gasteiger partial charge in [0.1, 0.15) is 11.5 Å². The summed E-state index contributed by atoms with van der Waals surface area (Å²) < 4.78 is 0. The molecule has 1 N–H and O–H groups in total. The summed E-state index contributed by atoms with van der Waals surface area (Å²) in [6.07, 6.45) is 8.31. The van der Waals surface area contributed by atoms with E-state index in [2.05, 4.69) is 12.2 Å². The van der Waals surface area contributed by atoms with Gasteiger partial charge in [0, 0.05) is 27.4 Å². The number of carbonyl (C=O) groups excluding carboxylic acids is 3. The van der Waals surface area contributed by atoms with Gasteiger partial charge in [0.05, 0.1) is 12.0 Å². The molecule has 3 aromatic rings. The number of hydrogen-bond acceptors (Lipinski definition) is 4. The first-order valence-electron chi connectivity index (χ1n) is 14.9. The number of nitrogens with zero attached hydrogens (tertiary/aromatic N) is 1. The zero-order chi connectivity index (χ0) is 29.8. The molecule has 42 heavy (non-hydrogen) atoms. The third kappa shape index (κ3) is 4.32. The van der Waals surface area contributed by atoms with Gasteiger partial charge in [0.15, 0.2) is 11.6 Å². The van der Waals surface area contributed by atoms with Gasteiger partial charge in [-0.2, -0.15) is 0 Å². The molecule has 0 aliphatic carbocycles. The maximum atomic E-state index is 14.9. The van der Waals surface area contributed by atoms with Crippen LogP contribution in [0.4, 0.5) is 11.4 Å². The lowest BCUT2D eigenvalue weighted by molar-refractivity contribution is -0.128.